The highest BCUT2D eigenvalue weighted by atomic mass is 33.1. The van der Waals surface area contributed by atoms with E-state index in [-0.39, 0.29) is 35.8 Å². The van der Waals surface area contributed by atoms with E-state index < -0.39 is 48.0 Å². The van der Waals surface area contributed by atoms with Gasteiger partial charge in [0.1, 0.15) is 35.7 Å². The molecule has 0 saturated heterocycles. The van der Waals surface area contributed by atoms with Crippen molar-refractivity contribution < 1.29 is 38.9 Å². The first-order chi connectivity index (χ1) is 18.0. The molecule has 14 heteroatoms. The van der Waals surface area contributed by atoms with Crippen LogP contribution in [0, 0.1) is 0 Å². The van der Waals surface area contributed by atoms with Gasteiger partial charge in [-0.1, -0.05) is 45.9 Å². The Bertz CT molecular complexity index is 1010. The molecule has 4 atom stereocenters. The average Bonchev–Trinajstić information content (AvgIpc) is 2.88. The van der Waals surface area contributed by atoms with E-state index >= 15 is 0 Å². The fourth-order valence-corrected chi connectivity index (χ4v) is 5.05. The number of aliphatic carboxylic acids is 2. The van der Waals surface area contributed by atoms with Crippen molar-refractivity contribution in [1.82, 2.24) is 0 Å². The molecule has 0 aliphatic rings. The van der Waals surface area contributed by atoms with Crippen LogP contribution in [0.4, 0.5) is 0 Å². The van der Waals surface area contributed by atoms with Crippen LogP contribution in [0.2, 0.25) is 0 Å². The van der Waals surface area contributed by atoms with Crippen LogP contribution in [0.1, 0.15) is 11.1 Å². The lowest BCUT2D eigenvalue weighted by Gasteiger charge is -2.13. The Kier molecular flexibility index (Phi) is 12.5. The van der Waals surface area contributed by atoms with E-state index in [1.165, 1.54) is 45.9 Å². The molecule has 2 rings (SSSR count). The van der Waals surface area contributed by atoms with Crippen LogP contribution in [0.25, 0.3) is 0 Å². The summed E-state index contributed by atoms with van der Waals surface area (Å²) in [6.07, 6.45) is 0.283. The smallest absolute Gasteiger partial charge is 0.329 e. The fraction of sp³-hybridized carbons (Fsp3) is 0.333. The number of hydrogen-bond donors (Lipinski definition) is 6. The summed E-state index contributed by atoms with van der Waals surface area (Å²) in [5, 5.41) is 17.7. The fourth-order valence-electron chi connectivity index (χ4n) is 2.83. The quantitative estimate of drug-likeness (QED) is 0.0729. The summed E-state index contributed by atoms with van der Waals surface area (Å²) in [6.45, 7) is 0. The van der Waals surface area contributed by atoms with Gasteiger partial charge in [0.05, 0.1) is 0 Å². The molecule has 0 radical (unpaired) electrons. The molecular weight excluding hydrogens is 536 g/mol. The van der Waals surface area contributed by atoms with Gasteiger partial charge in [0.2, 0.25) is 0 Å². The van der Waals surface area contributed by atoms with Crippen LogP contribution in [0.5, 0.6) is 11.5 Å². The average molecular weight is 567 g/mol. The maximum absolute atomic E-state index is 12.2. The second-order valence-electron chi connectivity index (χ2n) is 8.21. The minimum absolute atomic E-state index is 0.142. The van der Waals surface area contributed by atoms with Crippen molar-refractivity contribution in [3.05, 3.63) is 59.7 Å². The normalized spacial score (nSPS) is 14.1. The van der Waals surface area contributed by atoms with E-state index in [0.29, 0.717) is 11.1 Å². The predicted molar refractivity (Wildman–Crippen MR) is 144 cm³/mol. The third-order valence-corrected chi connectivity index (χ3v) is 7.49. The summed E-state index contributed by atoms with van der Waals surface area (Å²) in [6, 6.07) is 8.67. The number of hydrogen-bond acceptors (Lipinski definition) is 12. The number of carboxylic acids is 2. The molecule has 0 aliphatic heterocycles. The number of rotatable bonds is 15. The Labute approximate surface area is 226 Å². The van der Waals surface area contributed by atoms with Crippen LogP contribution in [0.15, 0.2) is 48.5 Å². The number of benzene rings is 2. The zero-order valence-corrected chi connectivity index (χ0v) is 21.9. The number of carbonyl (C=O) groups is 4. The Morgan fingerprint density at radius 2 is 0.921 bits per heavy atom. The maximum Gasteiger partial charge on any atom is 0.329 e. The van der Waals surface area contributed by atoms with E-state index in [0.717, 1.165) is 0 Å². The van der Waals surface area contributed by atoms with Crippen LogP contribution in [0.3, 0.4) is 0 Å². The predicted octanol–water partition coefficient (Wildman–Crippen LogP) is 0.142. The molecule has 0 amide bonds. The number of ether oxygens (including phenoxy) is 2. The minimum Gasteiger partial charge on any atom is -0.480 e. The van der Waals surface area contributed by atoms with Gasteiger partial charge in [0, 0.05) is 11.5 Å². The highest BCUT2D eigenvalue weighted by Gasteiger charge is 2.20. The van der Waals surface area contributed by atoms with Gasteiger partial charge < -0.3 is 42.6 Å². The number of nitrogens with two attached hydrogens (primary N) is 4. The summed E-state index contributed by atoms with van der Waals surface area (Å²) in [5.41, 5.74) is 24.1. The van der Waals surface area contributed by atoms with Gasteiger partial charge in [0.25, 0.3) is 0 Å². The number of carboxylic acid groups (broad SMARTS) is 2. The van der Waals surface area contributed by atoms with Gasteiger partial charge in [-0.05, 0) is 48.2 Å². The molecule has 0 heterocycles. The topological polar surface area (TPSA) is 231 Å². The van der Waals surface area contributed by atoms with Crippen molar-refractivity contribution in [2.75, 3.05) is 11.5 Å². The van der Waals surface area contributed by atoms with Crippen LogP contribution in [-0.4, -0.2) is 69.8 Å². The van der Waals surface area contributed by atoms with Crippen molar-refractivity contribution in [2.45, 2.75) is 37.0 Å². The van der Waals surface area contributed by atoms with E-state index in [2.05, 4.69) is 0 Å². The molecule has 38 heavy (non-hydrogen) atoms. The molecule has 0 saturated carbocycles. The van der Waals surface area contributed by atoms with Crippen LogP contribution in [-0.2, 0) is 32.0 Å². The van der Waals surface area contributed by atoms with Crippen molar-refractivity contribution in [1.29, 1.82) is 0 Å². The summed E-state index contributed by atoms with van der Waals surface area (Å²) >= 11 is 0. The maximum atomic E-state index is 12.2. The molecule has 0 fully saturated rings. The van der Waals surface area contributed by atoms with Crippen LogP contribution < -0.4 is 32.4 Å². The molecule has 4 unspecified atom stereocenters. The van der Waals surface area contributed by atoms with Crippen molar-refractivity contribution in [3.63, 3.8) is 0 Å². The van der Waals surface area contributed by atoms with Gasteiger partial charge in [-0.2, -0.15) is 0 Å². The van der Waals surface area contributed by atoms with Crippen molar-refractivity contribution >= 4 is 45.5 Å². The molecule has 0 bridgehead atoms. The summed E-state index contributed by atoms with van der Waals surface area (Å²) in [4.78, 5) is 46.1. The molecule has 2 aromatic carbocycles. The van der Waals surface area contributed by atoms with Crippen molar-refractivity contribution in [3.8, 4) is 11.5 Å². The first-order valence-electron chi connectivity index (χ1n) is 11.3. The first kappa shape index (κ1) is 31.1. The first-order valence-corrected chi connectivity index (χ1v) is 13.8. The van der Waals surface area contributed by atoms with E-state index in [4.69, 9.17) is 42.6 Å². The largest absolute Gasteiger partial charge is 0.480 e. The molecule has 0 aromatic heterocycles. The monoisotopic (exact) mass is 566 g/mol. The summed E-state index contributed by atoms with van der Waals surface area (Å²) in [7, 11) is 2.50. The molecule has 12 nitrogen and oxygen atoms in total. The third-order valence-electron chi connectivity index (χ3n) is 5.01. The Hall–Kier alpha value is -3.14. The molecule has 10 N–H and O–H groups in total. The Morgan fingerprint density at radius 1 is 0.605 bits per heavy atom. The van der Waals surface area contributed by atoms with E-state index in [1.807, 2.05) is 0 Å². The highest BCUT2D eigenvalue weighted by Crippen LogP contribution is 2.23. The number of carbonyl (C=O) groups excluding carboxylic acids is 2. The van der Waals surface area contributed by atoms with Crippen molar-refractivity contribution in [2.24, 2.45) is 22.9 Å². The van der Waals surface area contributed by atoms with Gasteiger partial charge in [-0.15, -0.1) is 0 Å². The second-order valence-corrected chi connectivity index (χ2v) is 10.8. The highest BCUT2D eigenvalue weighted by molar-refractivity contribution is 8.76. The summed E-state index contributed by atoms with van der Waals surface area (Å²) < 4.78 is 10.5. The SMILES string of the molecule is NC(Cc1ccc(OC(=O)C(N)CSSCC(N)C(=O)Oc2ccc(CC(N)C(=O)O)cc2)cc1)C(=O)O. The second kappa shape index (κ2) is 15.3. The zero-order valence-electron chi connectivity index (χ0n) is 20.2. The summed E-state index contributed by atoms with van der Waals surface area (Å²) in [5.74, 6) is -2.57. The van der Waals surface area contributed by atoms with Gasteiger partial charge in [-0.3, -0.25) is 9.59 Å². The van der Waals surface area contributed by atoms with Gasteiger partial charge in [0.15, 0.2) is 0 Å². The lowest BCUT2D eigenvalue weighted by Crippen LogP contribution is -2.37. The zero-order chi connectivity index (χ0) is 28.2. The molecule has 2 aromatic rings. The van der Waals surface area contributed by atoms with Crippen LogP contribution >= 0.6 is 21.6 Å². The lowest BCUT2D eigenvalue weighted by molar-refractivity contribution is -0.139. The molecule has 0 spiro atoms. The third kappa shape index (κ3) is 10.7. The number of esters is 2. The standard InChI is InChI=1S/C24H30N4O8S2/c25-17(21(29)30)9-13-1-5-15(6-2-13)35-23(33)19(27)11-37-38-12-20(28)24(34)36-16-7-3-14(4-8-16)10-18(26)22(31)32/h1-8,17-20H,9-12,25-28H2,(H,29,30)(H,31,32). The Balaban J connectivity index is 1.69. The van der Waals surface area contributed by atoms with E-state index in [1.54, 1.807) is 24.3 Å². The van der Waals surface area contributed by atoms with Gasteiger partial charge in [-0.25, -0.2) is 9.59 Å². The molecule has 0 aliphatic carbocycles. The lowest BCUT2D eigenvalue weighted by atomic mass is 10.1. The van der Waals surface area contributed by atoms with E-state index in [9.17, 15) is 19.2 Å². The Morgan fingerprint density at radius 3 is 1.21 bits per heavy atom. The van der Waals surface area contributed by atoms with Gasteiger partial charge >= 0.3 is 23.9 Å². The molecule has 206 valence electrons. The molecular formula is C24H30N4O8S2. The minimum atomic E-state index is -1.10.